The van der Waals surface area contributed by atoms with Gasteiger partial charge >= 0.3 is 0 Å². The third-order valence-electron chi connectivity index (χ3n) is 4.50. The van der Waals surface area contributed by atoms with Crippen molar-refractivity contribution in [2.24, 2.45) is 0 Å². The minimum Gasteiger partial charge on any atom is -0.496 e. The number of sulfonamides is 1. The highest BCUT2D eigenvalue weighted by molar-refractivity contribution is 9.10. The van der Waals surface area contributed by atoms with E-state index in [0.717, 1.165) is 5.56 Å². The van der Waals surface area contributed by atoms with E-state index in [1.54, 1.807) is 30.3 Å². The summed E-state index contributed by atoms with van der Waals surface area (Å²) in [7, 11) is -2.42. The molecule has 2 N–H and O–H groups in total. The molecule has 0 aliphatic heterocycles. The molecule has 0 aliphatic carbocycles. The fourth-order valence-electron chi connectivity index (χ4n) is 2.89. The van der Waals surface area contributed by atoms with E-state index in [0.29, 0.717) is 10.2 Å². The summed E-state index contributed by atoms with van der Waals surface area (Å²) in [5, 5.41) is 2.90. The Balaban J connectivity index is 1.84. The number of benzene rings is 3. The standard InChI is InChI=1S/C22H21BrN2O4S/c1-15(16-8-4-3-5-9-16)24-22(26)18-10-6-7-11-20(18)25-30(27,28)17-12-13-21(29-2)19(23)14-17/h3-15,25H,1-2H3,(H,24,26). The number of nitrogens with one attached hydrogen (secondary N) is 2. The molecule has 3 aromatic rings. The van der Waals surface area contributed by atoms with Crippen molar-refractivity contribution in [3.8, 4) is 5.75 Å². The third kappa shape index (κ3) is 5.01. The fraction of sp³-hybridized carbons (Fsp3) is 0.136. The Bertz CT molecular complexity index is 1150. The largest absolute Gasteiger partial charge is 0.496 e. The topological polar surface area (TPSA) is 84.5 Å². The lowest BCUT2D eigenvalue weighted by Gasteiger charge is -2.17. The van der Waals surface area contributed by atoms with Crippen molar-refractivity contribution in [3.63, 3.8) is 0 Å². The molecule has 0 heterocycles. The summed E-state index contributed by atoms with van der Waals surface area (Å²) in [6, 6.07) is 20.2. The van der Waals surface area contributed by atoms with Crippen LogP contribution in [-0.2, 0) is 10.0 Å². The first kappa shape index (κ1) is 21.9. The Kier molecular flexibility index (Phi) is 6.79. The maximum Gasteiger partial charge on any atom is 0.261 e. The lowest BCUT2D eigenvalue weighted by Crippen LogP contribution is -2.28. The molecule has 30 heavy (non-hydrogen) atoms. The number of amides is 1. The SMILES string of the molecule is COc1ccc(S(=O)(=O)Nc2ccccc2C(=O)NC(C)c2ccccc2)cc1Br. The summed E-state index contributed by atoms with van der Waals surface area (Å²) in [6.45, 7) is 1.87. The second-order valence-electron chi connectivity index (χ2n) is 6.55. The van der Waals surface area contributed by atoms with Crippen LogP contribution in [0, 0.1) is 0 Å². The Hall–Kier alpha value is -2.84. The zero-order chi connectivity index (χ0) is 21.7. The molecule has 0 aromatic heterocycles. The predicted molar refractivity (Wildman–Crippen MR) is 120 cm³/mol. The van der Waals surface area contributed by atoms with Crippen molar-refractivity contribution in [1.82, 2.24) is 5.32 Å². The number of hydrogen-bond acceptors (Lipinski definition) is 4. The van der Waals surface area contributed by atoms with Crippen LogP contribution < -0.4 is 14.8 Å². The second kappa shape index (κ2) is 9.32. The second-order valence-corrected chi connectivity index (χ2v) is 9.09. The maximum absolute atomic E-state index is 12.9. The molecule has 0 fully saturated rings. The quantitative estimate of drug-likeness (QED) is 0.502. The van der Waals surface area contributed by atoms with Crippen LogP contribution in [0.1, 0.15) is 28.9 Å². The van der Waals surface area contributed by atoms with E-state index in [-0.39, 0.29) is 28.1 Å². The molecule has 0 aliphatic rings. The lowest BCUT2D eigenvalue weighted by atomic mass is 10.1. The van der Waals surface area contributed by atoms with Crippen molar-refractivity contribution < 1.29 is 17.9 Å². The van der Waals surface area contributed by atoms with Gasteiger partial charge in [0.25, 0.3) is 15.9 Å². The number of anilines is 1. The monoisotopic (exact) mass is 488 g/mol. The summed E-state index contributed by atoms with van der Waals surface area (Å²) in [5.74, 6) is 0.143. The van der Waals surface area contributed by atoms with Crippen molar-refractivity contribution >= 4 is 37.5 Å². The number of para-hydroxylation sites is 1. The van der Waals surface area contributed by atoms with Crippen LogP contribution in [0.15, 0.2) is 82.2 Å². The van der Waals surface area contributed by atoms with Gasteiger partial charge in [-0.3, -0.25) is 9.52 Å². The van der Waals surface area contributed by atoms with Crippen molar-refractivity contribution in [1.29, 1.82) is 0 Å². The van der Waals surface area contributed by atoms with E-state index in [1.165, 1.54) is 19.2 Å². The first-order valence-corrected chi connectivity index (χ1v) is 11.4. The predicted octanol–water partition coefficient (Wildman–Crippen LogP) is 4.75. The average Bonchev–Trinajstić information content (AvgIpc) is 2.74. The van der Waals surface area contributed by atoms with Gasteiger partial charge in [-0.05, 0) is 58.7 Å². The maximum atomic E-state index is 12.9. The van der Waals surface area contributed by atoms with Crippen LogP contribution in [0.25, 0.3) is 0 Å². The molecule has 0 bridgehead atoms. The molecule has 0 radical (unpaired) electrons. The van der Waals surface area contributed by atoms with Gasteiger partial charge in [0.15, 0.2) is 0 Å². The van der Waals surface area contributed by atoms with Crippen LogP contribution in [0.3, 0.4) is 0 Å². The fourth-order valence-corrected chi connectivity index (χ4v) is 4.69. The highest BCUT2D eigenvalue weighted by Gasteiger charge is 2.20. The molecule has 6 nitrogen and oxygen atoms in total. The minimum atomic E-state index is -3.91. The van der Waals surface area contributed by atoms with E-state index in [1.807, 2.05) is 37.3 Å². The molecule has 3 aromatic carbocycles. The molecule has 1 amide bonds. The van der Waals surface area contributed by atoms with Crippen molar-refractivity contribution in [2.75, 3.05) is 11.8 Å². The van der Waals surface area contributed by atoms with Gasteiger partial charge in [0.1, 0.15) is 5.75 Å². The normalized spacial score (nSPS) is 12.1. The summed E-state index contributed by atoms with van der Waals surface area (Å²) in [4.78, 5) is 12.9. The summed E-state index contributed by atoms with van der Waals surface area (Å²) < 4.78 is 33.9. The van der Waals surface area contributed by atoms with Gasteiger partial charge in [0.05, 0.1) is 33.8 Å². The van der Waals surface area contributed by atoms with Crippen LogP contribution >= 0.6 is 15.9 Å². The molecule has 8 heteroatoms. The van der Waals surface area contributed by atoms with Gasteiger partial charge in [-0.15, -0.1) is 0 Å². The van der Waals surface area contributed by atoms with E-state index in [4.69, 9.17) is 4.74 Å². The molecular weight excluding hydrogens is 468 g/mol. The molecular formula is C22H21BrN2O4S. The molecule has 0 saturated carbocycles. The minimum absolute atomic E-state index is 0.0445. The zero-order valence-electron chi connectivity index (χ0n) is 16.4. The highest BCUT2D eigenvalue weighted by Crippen LogP contribution is 2.29. The molecule has 156 valence electrons. The van der Waals surface area contributed by atoms with Gasteiger partial charge in [-0.1, -0.05) is 42.5 Å². The Labute approximate surface area is 184 Å². The first-order chi connectivity index (χ1) is 14.3. The zero-order valence-corrected chi connectivity index (χ0v) is 18.8. The smallest absolute Gasteiger partial charge is 0.261 e. The van der Waals surface area contributed by atoms with E-state index in [9.17, 15) is 13.2 Å². The van der Waals surface area contributed by atoms with Crippen LogP contribution in [0.2, 0.25) is 0 Å². The summed E-state index contributed by atoms with van der Waals surface area (Å²) in [5.41, 5.74) is 1.38. The van der Waals surface area contributed by atoms with E-state index < -0.39 is 10.0 Å². The van der Waals surface area contributed by atoms with E-state index in [2.05, 4.69) is 26.0 Å². The number of carbonyl (C=O) groups excluding carboxylic acids is 1. The average molecular weight is 489 g/mol. The Morgan fingerprint density at radius 3 is 2.33 bits per heavy atom. The number of methoxy groups -OCH3 is 1. The Morgan fingerprint density at radius 1 is 1.00 bits per heavy atom. The molecule has 3 rings (SSSR count). The summed E-state index contributed by atoms with van der Waals surface area (Å²) in [6.07, 6.45) is 0. The molecule has 1 atom stereocenters. The van der Waals surface area contributed by atoms with Gasteiger partial charge in [0, 0.05) is 0 Å². The van der Waals surface area contributed by atoms with Gasteiger partial charge in [0.2, 0.25) is 0 Å². The van der Waals surface area contributed by atoms with Crippen LogP contribution in [0.4, 0.5) is 5.69 Å². The van der Waals surface area contributed by atoms with E-state index >= 15 is 0 Å². The Morgan fingerprint density at radius 2 is 1.67 bits per heavy atom. The van der Waals surface area contributed by atoms with Gasteiger partial charge in [-0.25, -0.2) is 8.42 Å². The van der Waals surface area contributed by atoms with Gasteiger partial charge < -0.3 is 10.1 Å². The van der Waals surface area contributed by atoms with Crippen LogP contribution in [0.5, 0.6) is 5.75 Å². The molecule has 1 unspecified atom stereocenters. The molecule has 0 spiro atoms. The third-order valence-corrected chi connectivity index (χ3v) is 6.48. The molecule has 0 saturated heterocycles. The van der Waals surface area contributed by atoms with Crippen LogP contribution in [-0.4, -0.2) is 21.4 Å². The van der Waals surface area contributed by atoms with Gasteiger partial charge in [-0.2, -0.15) is 0 Å². The number of hydrogen-bond donors (Lipinski definition) is 2. The number of carbonyl (C=O) groups is 1. The number of halogens is 1. The van der Waals surface area contributed by atoms with Crippen molar-refractivity contribution in [2.45, 2.75) is 17.9 Å². The highest BCUT2D eigenvalue weighted by atomic mass is 79.9. The lowest BCUT2D eigenvalue weighted by molar-refractivity contribution is 0.0941. The summed E-state index contributed by atoms with van der Waals surface area (Å²) >= 11 is 3.29. The number of ether oxygens (including phenoxy) is 1. The first-order valence-electron chi connectivity index (χ1n) is 9.13. The number of rotatable bonds is 7. The van der Waals surface area contributed by atoms with Crippen molar-refractivity contribution in [3.05, 3.63) is 88.4 Å².